The van der Waals surface area contributed by atoms with Gasteiger partial charge in [-0.2, -0.15) is 0 Å². The van der Waals surface area contributed by atoms with Crippen molar-refractivity contribution in [1.82, 2.24) is 4.98 Å². The van der Waals surface area contributed by atoms with E-state index in [1.807, 2.05) is 31.2 Å². The third-order valence-electron chi connectivity index (χ3n) is 4.25. The molecular formula is C22H21N3O5. The summed E-state index contributed by atoms with van der Waals surface area (Å²) in [6.07, 6.45) is 1.91. The van der Waals surface area contributed by atoms with Gasteiger partial charge in [-0.3, -0.25) is 14.4 Å². The number of anilines is 1. The maximum absolute atomic E-state index is 11.9. The predicted octanol–water partition coefficient (Wildman–Crippen LogP) is 2.86. The molecule has 0 aliphatic rings. The summed E-state index contributed by atoms with van der Waals surface area (Å²) in [4.78, 5) is 39.0. The first kappa shape index (κ1) is 20.8. The van der Waals surface area contributed by atoms with Crippen molar-refractivity contribution in [3.63, 3.8) is 0 Å². The molecule has 0 atom stereocenters. The number of amides is 2. The van der Waals surface area contributed by atoms with Gasteiger partial charge in [-0.1, -0.05) is 29.8 Å². The van der Waals surface area contributed by atoms with Gasteiger partial charge in [0.15, 0.2) is 18.3 Å². The van der Waals surface area contributed by atoms with E-state index >= 15 is 0 Å². The van der Waals surface area contributed by atoms with Crippen LogP contribution < -0.4 is 11.1 Å². The Kier molecular flexibility index (Phi) is 6.59. The lowest BCUT2D eigenvalue weighted by Gasteiger charge is -2.06. The highest BCUT2D eigenvalue weighted by Gasteiger charge is 2.12. The number of hydrogen-bond donors (Lipinski definition) is 2. The standard InChI is InChI=1S/C22H21N3O5/c1-14-2-4-15(5-3-14)18-12-24-20(30-18)10-11-21(27)29-13-19(26)25-17-8-6-16(7-9-17)22(23)28/h2-9,12H,10-11,13H2,1H3,(H2,23,28)(H,25,26). The van der Waals surface area contributed by atoms with Crippen LogP contribution in [0.15, 0.2) is 59.1 Å². The van der Waals surface area contributed by atoms with Crippen LogP contribution in [0.5, 0.6) is 0 Å². The number of rotatable bonds is 8. The molecule has 8 heteroatoms. The fourth-order valence-corrected chi connectivity index (χ4v) is 2.62. The summed E-state index contributed by atoms with van der Waals surface area (Å²) in [5, 5.41) is 2.56. The minimum absolute atomic E-state index is 0.0362. The Morgan fingerprint density at radius 3 is 2.43 bits per heavy atom. The molecule has 8 nitrogen and oxygen atoms in total. The topological polar surface area (TPSA) is 125 Å². The average molecular weight is 407 g/mol. The van der Waals surface area contributed by atoms with Gasteiger partial charge in [-0.15, -0.1) is 0 Å². The Morgan fingerprint density at radius 1 is 1.07 bits per heavy atom. The highest BCUT2D eigenvalue weighted by atomic mass is 16.5. The number of esters is 1. The van der Waals surface area contributed by atoms with Crippen LogP contribution in [0.25, 0.3) is 11.3 Å². The van der Waals surface area contributed by atoms with Crippen LogP contribution in [0, 0.1) is 6.92 Å². The lowest BCUT2D eigenvalue weighted by molar-refractivity contribution is -0.147. The van der Waals surface area contributed by atoms with Gasteiger partial charge in [0.05, 0.1) is 12.6 Å². The van der Waals surface area contributed by atoms with Gasteiger partial charge in [-0.05, 0) is 31.2 Å². The fourth-order valence-electron chi connectivity index (χ4n) is 2.62. The monoisotopic (exact) mass is 407 g/mol. The van der Waals surface area contributed by atoms with E-state index < -0.39 is 24.4 Å². The number of benzene rings is 2. The van der Waals surface area contributed by atoms with Crippen molar-refractivity contribution in [2.75, 3.05) is 11.9 Å². The largest absolute Gasteiger partial charge is 0.456 e. The SMILES string of the molecule is Cc1ccc(-c2cnc(CCC(=O)OCC(=O)Nc3ccc(C(N)=O)cc3)o2)cc1. The molecule has 1 aromatic heterocycles. The third-order valence-corrected chi connectivity index (χ3v) is 4.25. The first-order valence-corrected chi connectivity index (χ1v) is 9.28. The molecule has 0 aliphatic heterocycles. The van der Waals surface area contributed by atoms with E-state index in [2.05, 4.69) is 10.3 Å². The Labute approximate surface area is 173 Å². The van der Waals surface area contributed by atoms with E-state index in [0.29, 0.717) is 22.9 Å². The lowest BCUT2D eigenvalue weighted by atomic mass is 10.1. The molecule has 3 N–H and O–H groups in total. The van der Waals surface area contributed by atoms with Crippen molar-refractivity contribution >= 4 is 23.5 Å². The molecule has 154 valence electrons. The number of nitrogens with one attached hydrogen (secondary N) is 1. The Balaban J connectivity index is 1.42. The maximum atomic E-state index is 11.9. The van der Waals surface area contributed by atoms with Gasteiger partial charge in [0.1, 0.15) is 0 Å². The normalized spacial score (nSPS) is 10.4. The number of aryl methyl sites for hydroxylation is 2. The summed E-state index contributed by atoms with van der Waals surface area (Å²) in [6, 6.07) is 13.9. The molecule has 0 fully saturated rings. The fraction of sp³-hybridized carbons (Fsp3) is 0.182. The number of carbonyl (C=O) groups is 3. The zero-order valence-electron chi connectivity index (χ0n) is 16.4. The van der Waals surface area contributed by atoms with Gasteiger partial charge in [0.25, 0.3) is 5.91 Å². The van der Waals surface area contributed by atoms with Crippen LogP contribution >= 0.6 is 0 Å². The second kappa shape index (κ2) is 9.51. The minimum Gasteiger partial charge on any atom is -0.456 e. The van der Waals surface area contributed by atoms with Crippen LogP contribution in [0.1, 0.15) is 28.2 Å². The van der Waals surface area contributed by atoms with Gasteiger partial charge in [0, 0.05) is 23.2 Å². The number of oxazole rings is 1. The molecule has 0 aliphatic carbocycles. The van der Waals surface area contributed by atoms with Crippen molar-refractivity contribution < 1.29 is 23.5 Å². The molecule has 0 bridgehead atoms. The smallest absolute Gasteiger partial charge is 0.306 e. The number of nitrogens with zero attached hydrogens (tertiary/aromatic N) is 1. The van der Waals surface area contributed by atoms with E-state index in [4.69, 9.17) is 14.9 Å². The average Bonchev–Trinajstić information content (AvgIpc) is 3.21. The molecule has 0 spiro atoms. The van der Waals surface area contributed by atoms with E-state index in [1.165, 1.54) is 24.3 Å². The number of ether oxygens (including phenoxy) is 1. The molecule has 0 unspecified atom stereocenters. The van der Waals surface area contributed by atoms with Crippen LogP contribution in [-0.4, -0.2) is 29.4 Å². The van der Waals surface area contributed by atoms with Crippen LogP contribution in [0.2, 0.25) is 0 Å². The number of nitrogens with two attached hydrogens (primary N) is 1. The van der Waals surface area contributed by atoms with Crippen molar-refractivity contribution in [2.45, 2.75) is 19.8 Å². The zero-order valence-corrected chi connectivity index (χ0v) is 16.4. The van der Waals surface area contributed by atoms with E-state index in [9.17, 15) is 14.4 Å². The van der Waals surface area contributed by atoms with Crippen molar-refractivity contribution in [1.29, 1.82) is 0 Å². The minimum atomic E-state index is -0.557. The van der Waals surface area contributed by atoms with Crippen molar-refractivity contribution in [3.05, 3.63) is 71.7 Å². The summed E-state index contributed by atoms with van der Waals surface area (Å²) in [5.41, 5.74) is 8.00. The molecule has 0 saturated carbocycles. The first-order chi connectivity index (χ1) is 14.4. The Hall–Kier alpha value is -3.94. The van der Waals surface area contributed by atoms with Crippen LogP contribution in [-0.2, 0) is 20.7 Å². The van der Waals surface area contributed by atoms with Gasteiger partial charge in [-0.25, -0.2) is 4.98 Å². The molecule has 2 amide bonds. The Bertz CT molecular complexity index is 1040. The number of aromatic nitrogens is 1. The highest BCUT2D eigenvalue weighted by molar-refractivity contribution is 5.95. The highest BCUT2D eigenvalue weighted by Crippen LogP contribution is 2.21. The number of hydrogen-bond acceptors (Lipinski definition) is 6. The maximum Gasteiger partial charge on any atom is 0.306 e. The summed E-state index contributed by atoms with van der Waals surface area (Å²) in [6.45, 7) is 1.58. The van der Waals surface area contributed by atoms with Gasteiger partial charge < -0.3 is 20.2 Å². The summed E-state index contributed by atoms with van der Waals surface area (Å²) in [5.74, 6) is -0.544. The van der Waals surface area contributed by atoms with Crippen molar-refractivity contribution in [3.8, 4) is 11.3 Å². The molecule has 0 saturated heterocycles. The molecule has 2 aromatic carbocycles. The van der Waals surface area contributed by atoms with Gasteiger partial charge in [0.2, 0.25) is 5.91 Å². The second-order valence-electron chi connectivity index (χ2n) is 6.63. The summed E-state index contributed by atoms with van der Waals surface area (Å²) >= 11 is 0. The third kappa shape index (κ3) is 5.78. The summed E-state index contributed by atoms with van der Waals surface area (Å²) < 4.78 is 10.6. The zero-order chi connectivity index (χ0) is 21.5. The van der Waals surface area contributed by atoms with E-state index in [1.54, 1.807) is 6.20 Å². The predicted molar refractivity (Wildman–Crippen MR) is 110 cm³/mol. The van der Waals surface area contributed by atoms with Crippen LogP contribution in [0.4, 0.5) is 5.69 Å². The summed E-state index contributed by atoms with van der Waals surface area (Å²) in [7, 11) is 0. The van der Waals surface area contributed by atoms with Crippen LogP contribution in [0.3, 0.4) is 0 Å². The molecule has 3 rings (SSSR count). The first-order valence-electron chi connectivity index (χ1n) is 9.28. The van der Waals surface area contributed by atoms with E-state index in [-0.39, 0.29) is 12.8 Å². The Morgan fingerprint density at radius 2 is 1.77 bits per heavy atom. The molecule has 0 radical (unpaired) electrons. The molecule has 1 heterocycles. The van der Waals surface area contributed by atoms with Gasteiger partial charge >= 0.3 is 5.97 Å². The lowest BCUT2D eigenvalue weighted by Crippen LogP contribution is -2.21. The number of primary amides is 1. The quantitative estimate of drug-likeness (QED) is 0.553. The van der Waals surface area contributed by atoms with Crippen molar-refractivity contribution in [2.24, 2.45) is 5.73 Å². The second-order valence-corrected chi connectivity index (χ2v) is 6.63. The van der Waals surface area contributed by atoms with E-state index in [0.717, 1.165) is 11.1 Å². The molecular weight excluding hydrogens is 386 g/mol. The molecule has 3 aromatic rings. The molecule has 30 heavy (non-hydrogen) atoms. The number of carbonyl (C=O) groups excluding carboxylic acids is 3.